The Balaban J connectivity index is 0.00000200. The maximum Gasteiger partial charge on any atom is 0.166 e. The fraction of sp³-hybridized carbons (Fsp3) is 0.571. The van der Waals surface area contributed by atoms with E-state index in [1.165, 1.54) is 0 Å². The van der Waals surface area contributed by atoms with E-state index in [0.717, 1.165) is 44.7 Å². The highest BCUT2D eigenvalue weighted by atomic mass is 35.5. The van der Waals surface area contributed by atoms with Crippen molar-refractivity contribution >= 4 is 24.8 Å². The molecule has 1 aromatic rings. The molecule has 7 heteroatoms. The monoisotopic (exact) mass is 344 g/mol. The third-order valence-electron chi connectivity index (χ3n) is 3.57. The van der Waals surface area contributed by atoms with Crippen LogP contribution in [0.2, 0.25) is 0 Å². The average Bonchev–Trinajstić information content (AvgIpc) is 2.43. The van der Waals surface area contributed by atoms with E-state index < -0.39 is 17.5 Å². The maximum atomic E-state index is 13.9. The number of nitrogens with one attached hydrogen (secondary N) is 1. The topological polar surface area (TPSA) is 15.3 Å². The first-order valence-electron chi connectivity index (χ1n) is 6.73. The number of hydrogen-bond acceptors (Lipinski definition) is 2. The van der Waals surface area contributed by atoms with Crippen LogP contribution in [0.15, 0.2) is 12.1 Å². The smallest absolute Gasteiger partial charge is 0.166 e. The van der Waals surface area contributed by atoms with Crippen LogP contribution in [0.3, 0.4) is 0 Å². The van der Waals surface area contributed by atoms with Gasteiger partial charge in [0.2, 0.25) is 0 Å². The molecule has 1 saturated heterocycles. The van der Waals surface area contributed by atoms with Gasteiger partial charge in [-0.05, 0) is 18.6 Å². The van der Waals surface area contributed by atoms with Crippen molar-refractivity contribution < 1.29 is 13.2 Å². The summed E-state index contributed by atoms with van der Waals surface area (Å²) in [5.74, 6) is -2.68. The molecular formula is C14H21Cl2F3N2. The zero-order chi connectivity index (χ0) is 13.8. The molecule has 0 aromatic heterocycles. The largest absolute Gasteiger partial charge is 0.314 e. The number of piperazine rings is 1. The predicted molar refractivity (Wildman–Crippen MR) is 82.9 cm³/mol. The minimum atomic E-state index is -1.04. The lowest BCUT2D eigenvalue weighted by Gasteiger charge is -2.35. The van der Waals surface area contributed by atoms with E-state index in [9.17, 15) is 13.2 Å². The highest BCUT2D eigenvalue weighted by Crippen LogP contribution is 2.31. The van der Waals surface area contributed by atoms with E-state index in [1.807, 2.05) is 11.8 Å². The van der Waals surface area contributed by atoms with Crippen LogP contribution < -0.4 is 5.32 Å². The molecule has 2 rings (SSSR count). The Morgan fingerprint density at radius 2 is 1.67 bits per heavy atom. The molecule has 1 heterocycles. The molecule has 1 aromatic carbocycles. The number of rotatable bonds is 4. The molecule has 0 amide bonds. The van der Waals surface area contributed by atoms with Gasteiger partial charge in [-0.25, -0.2) is 13.2 Å². The number of benzene rings is 1. The van der Waals surface area contributed by atoms with Crippen LogP contribution >= 0.6 is 24.8 Å². The Morgan fingerprint density at radius 1 is 1.10 bits per heavy atom. The first kappa shape index (κ1) is 20.5. The van der Waals surface area contributed by atoms with Gasteiger partial charge < -0.3 is 5.32 Å². The molecule has 2 nitrogen and oxygen atoms in total. The van der Waals surface area contributed by atoms with Crippen molar-refractivity contribution in [2.24, 2.45) is 0 Å². The van der Waals surface area contributed by atoms with Gasteiger partial charge in [-0.2, -0.15) is 0 Å². The van der Waals surface area contributed by atoms with Gasteiger partial charge in [0.05, 0.1) is 0 Å². The summed E-state index contributed by atoms with van der Waals surface area (Å²) in [7, 11) is 0. The van der Waals surface area contributed by atoms with Crippen molar-refractivity contribution in [3.8, 4) is 0 Å². The Labute approximate surface area is 135 Å². The second-order valence-corrected chi connectivity index (χ2v) is 4.85. The molecule has 21 heavy (non-hydrogen) atoms. The van der Waals surface area contributed by atoms with Gasteiger partial charge in [0.1, 0.15) is 5.82 Å². The van der Waals surface area contributed by atoms with Crippen LogP contribution in [-0.2, 0) is 0 Å². The Bertz CT molecular complexity index is 440. The van der Waals surface area contributed by atoms with Crippen molar-refractivity contribution in [2.75, 3.05) is 26.2 Å². The summed E-state index contributed by atoms with van der Waals surface area (Å²) >= 11 is 0. The van der Waals surface area contributed by atoms with E-state index in [2.05, 4.69) is 5.32 Å². The normalized spacial score (nSPS) is 16.8. The van der Waals surface area contributed by atoms with Gasteiger partial charge in [-0.1, -0.05) is 13.3 Å². The third-order valence-corrected chi connectivity index (χ3v) is 3.57. The molecule has 1 aliphatic heterocycles. The van der Waals surface area contributed by atoms with Crippen LogP contribution in [0.5, 0.6) is 0 Å². The summed E-state index contributed by atoms with van der Waals surface area (Å²) in [5.41, 5.74) is -0.122. The summed E-state index contributed by atoms with van der Waals surface area (Å²) in [6.45, 7) is 4.99. The fourth-order valence-corrected chi connectivity index (χ4v) is 2.62. The molecule has 0 saturated carbocycles. The molecule has 1 N–H and O–H groups in total. The third kappa shape index (κ3) is 4.74. The maximum absolute atomic E-state index is 13.9. The first-order chi connectivity index (χ1) is 9.15. The molecule has 1 atom stereocenters. The summed E-state index contributed by atoms with van der Waals surface area (Å²) < 4.78 is 41.2. The zero-order valence-corrected chi connectivity index (χ0v) is 13.5. The molecule has 0 spiro atoms. The molecule has 0 aliphatic carbocycles. The predicted octanol–water partition coefficient (Wildman–Crippen LogP) is 3.69. The number of hydrogen-bond donors (Lipinski definition) is 1. The first-order valence-corrected chi connectivity index (χ1v) is 6.73. The van der Waals surface area contributed by atoms with E-state index in [1.54, 1.807) is 0 Å². The van der Waals surface area contributed by atoms with Crippen LogP contribution in [0.1, 0.15) is 31.4 Å². The standard InChI is InChI=1S/C14H19F3N2.2ClH/c1-2-3-12(19-8-6-18-7-9-19)13-10(15)4-5-11(16)14(13)17;;/h4-5,12,18H,2-3,6-9H2,1H3;2*1H/t12-;;/m1../s1. The molecule has 122 valence electrons. The van der Waals surface area contributed by atoms with Crippen molar-refractivity contribution in [3.63, 3.8) is 0 Å². The van der Waals surface area contributed by atoms with Gasteiger partial charge in [-0.15, -0.1) is 24.8 Å². The van der Waals surface area contributed by atoms with E-state index in [4.69, 9.17) is 0 Å². The minimum Gasteiger partial charge on any atom is -0.314 e. The molecule has 0 bridgehead atoms. The van der Waals surface area contributed by atoms with Crippen molar-refractivity contribution in [1.82, 2.24) is 10.2 Å². The quantitative estimate of drug-likeness (QED) is 0.838. The van der Waals surface area contributed by atoms with E-state index >= 15 is 0 Å². The van der Waals surface area contributed by atoms with Gasteiger partial charge >= 0.3 is 0 Å². The number of halogens is 5. The second-order valence-electron chi connectivity index (χ2n) is 4.85. The van der Waals surface area contributed by atoms with Gasteiger partial charge in [-0.3, -0.25) is 4.90 Å². The van der Waals surface area contributed by atoms with E-state index in [-0.39, 0.29) is 36.4 Å². The number of nitrogens with zero attached hydrogens (tertiary/aromatic N) is 1. The van der Waals surface area contributed by atoms with Crippen molar-refractivity contribution in [2.45, 2.75) is 25.8 Å². The molecule has 1 fully saturated rings. The van der Waals surface area contributed by atoms with Crippen molar-refractivity contribution in [1.29, 1.82) is 0 Å². The SMILES string of the molecule is CCC[C@H](c1c(F)ccc(F)c1F)N1CCNCC1.Cl.Cl. The fourth-order valence-electron chi connectivity index (χ4n) is 2.62. The zero-order valence-electron chi connectivity index (χ0n) is 11.9. The highest BCUT2D eigenvalue weighted by Gasteiger charge is 2.28. The van der Waals surface area contributed by atoms with Crippen LogP contribution in [-0.4, -0.2) is 31.1 Å². The van der Waals surface area contributed by atoms with Gasteiger partial charge in [0, 0.05) is 37.8 Å². The summed E-state index contributed by atoms with van der Waals surface area (Å²) in [5, 5.41) is 3.20. The lowest BCUT2D eigenvalue weighted by Crippen LogP contribution is -2.45. The van der Waals surface area contributed by atoms with Gasteiger partial charge in [0.15, 0.2) is 11.6 Å². The van der Waals surface area contributed by atoms with E-state index in [0.29, 0.717) is 6.42 Å². The summed E-state index contributed by atoms with van der Waals surface area (Å²) in [6, 6.07) is 1.47. The lowest BCUT2D eigenvalue weighted by atomic mass is 9.98. The van der Waals surface area contributed by atoms with Gasteiger partial charge in [0.25, 0.3) is 0 Å². The Kier molecular flexibility index (Phi) is 9.29. The van der Waals surface area contributed by atoms with Crippen LogP contribution in [0, 0.1) is 17.5 Å². The van der Waals surface area contributed by atoms with Crippen LogP contribution in [0.25, 0.3) is 0 Å². The van der Waals surface area contributed by atoms with Crippen LogP contribution in [0.4, 0.5) is 13.2 Å². The summed E-state index contributed by atoms with van der Waals surface area (Å²) in [6.07, 6.45) is 1.42. The molecule has 0 radical (unpaired) electrons. The Morgan fingerprint density at radius 3 is 2.24 bits per heavy atom. The molecular weight excluding hydrogens is 324 g/mol. The molecule has 1 aliphatic rings. The minimum absolute atomic E-state index is 0. The van der Waals surface area contributed by atoms with Crippen molar-refractivity contribution in [3.05, 3.63) is 35.1 Å². The highest BCUT2D eigenvalue weighted by molar-refractivity contribution is 5.85. The lowest BCUT2D eigenvalue weighted by molar-refractivity contribution is 0.157. The molecule has 0 unspecified atom stereocenters. The summed E-state index contributed by atoms with van der Waals surface area (Å²) in [4.78, 5) is 2.03. The average molecular weight is 345 g/mol. The Hall–Kier alpha value is -0.490. The second kappa shape index (κ2) is 9.51.